The van der Waals surface area contributed by atoms with Crippen molar-refractivity contribution < 1.29 is 9.90 Å². The second-order valence-electron chi connectivity index (χ2n) is 5.81. The summed E-state index contributed by atoms with van der Waals surface area (Å²) in [7, 11) is 0. The first-order valence-corrected chi connectivity index (χ1v) is 7.87. The van der Waals surface area contributed by atoms with Gasteiger partial charge in [-0.3, -0.25) is 9.69 Å². The van der Waals surface area contributed by atoms with Gasteiger partial charge in [0.2, 0.25) is 5.91 Å². The van der Waals surface area contributed by atoms with Gasteiger partial charge in [0, 0.05) is 25.0 Å². The quantitative estimate of drug-likeness (QED) is 0.941. The number of aliphatic hydroxyl groups is 1. The molecule has 3 rings (SSSR count). The molecule has 1 aliphatic rings. The number of hydrogen-bond acceptors (Lipinski definition) is 3. The number of amides is 1. The van der Waals surface area contributed by atoms with Crippen molar-refractivity contribution in [2.75, 3.05) is 31.1 Å². The number of likely N-dealkylation sites (tertiary alicyclic amines) is 1. The maximum Gasteiger partial charge on any atom is 0.241 e. The van der Waals surface area contributed by atoms with Gasteiger partial charge in [-0.2, -0.15) is 0 Å². The van der Waals surface area contributed by atoms with Gasteiger partial charge >= 0.3 is 0 Å². The molecule has 22 heavy (non-hydrogen) atoms. The van der Waals surface area contributed by atoms with Gasteiger partial charge in [0.1, 0.15) is 0 Å². The Morgan fingerprint density at radius 1 is 1.27 bits per heavy atom. The molecule has 0 aromatic heterocycles. The molecule has 0 aliphatic carbocycles. The van der Waals surface area contributed by atoms with Gasteiger partial charge in [-0.15, -0.1) is 0 Å². The van der Waals surface area contributed by atoms with Crippen molar-refractivity contribution in [3.8, 4) is 0 Å². The van der Waals surface area contributed by atoms with Crippen molar-refractivity contribution in [2.24, 2.45) is 0 Å². The first-order chi connectivity index (χ1) is 10.7. The highest BCUT2D eigenvalue weighted by atomic mass is 16.3. The maximum atomic E-state index is 12.7. The summed E-state index contributed by atoms with van der Waals surface area (Å²) in [6.07, 6.45) is 0.466. The number of benzene rings is 2. The van der Waals surface area contributed by atoms with Crippen LogP contribution in [0.1, 0.15) is 13.3 Å². The number of rotatable bonds is 4. The van der Waals surface area contributed by atoms with Crippen LogP contribution in [-0.4, -0.2) is 48.2 Å². The predicted molar refractivity (Wildman–Crippen MR) is 89.0 cm³/mol. The number of β-amino-alcohol motifs (C(OH)–C–C–N with tert-alkyl or cyclic N) is 1. The van der Waals surface area contributed by atoms with Crippen molar-refractivity contribution in [1.82, 2.24) is 4.90 Å². The maximum absolute atomic E-state index is 12.7. The van der Waals surface area contributed by atoms with Crippen molar-refractivity contribution in [3.63, 3.8) is 0 Å². The molecule has 116 valence electrons. The lowest BCUT2D eigenvalue weighted by Gasteiger charge is -2.25. The number of aliphatic hydroxyl groups excluding tert-OH is 1. The molecule has 0 unspecified atom stereocenters. The summed E-state index contributed by atoms with van der Waals surface area (Å²) in [5.74, 6) is 0.0907. The van der Waals surface area contributed by atoms with Gasteiger partial charge in [-0.25, -0.2) is 0 Å². The van der Waals surface area contributed by atoms with Crippen LogP contribution in [-0.2, 0) is 4.79 Å². The Balaban J connectivity index is 1.84. The Morgan fingerprint density at radius 2 is 2.05 bits per heavy atom. The first kappa shape index (κ1) is 15.0. The van der Waals surface area contributed by atoms with Gasteiger partial charge in [-0.05, 0) is 24.8 Å². The monoisotopic (exact) mass is 298 g/mol. The molecule has 4 heteroatoms. The molecule has 0 spiro atoms. The van der Waals surface area contributed by atoms with E-state index in [1.54, 1.807) is 0 Å². The van der Waals surface area contributed by atoms with E-state index in [2.05, 4.69) is 18.2 Å². The highest BCUT2D eigenvalue weighted by Gasteiger charge is 2.24. The molecule has 1 saturated heterocycles. The molecule has 4 nitrogen and oxygen atoms in total. The highest BCUT2D eigenvalue weighted by molar-refractivity contribution is 6.04. The second-order valence-corrected chi connectivity index (χ2v) is 5.81. The number of nitrogens with zero attached hydrogens (tertiary/aromatic N) is 2. The molecule has 0 radical (unpaired) electrons. The van der Waals surface area contributed by atoms with Gasteiger partial charge in [-0.1, -0.05) is 36.4 Å². The van der Waals surface area contributed by atoms with Crippen LogP contribution in [0.15, 0.2) is 42.5 Å². The fraction of sp³-hybridized carbons (Fsp3) is 0.389. The fourth-order valence-electron chi connectivity index (χ4n) is 3.16. The summed E-state index contributed by atoms with van der Waals surface area (Å²) in [4.78, 5) is 16.6. The Bertz CT molecular complexity index is 666. The standard InChI is InChI=1S/C18H22N2O2/c1-2-20(18(22)13-19-11-10-15(21)12-19)17-9-5-7-14-6-3-4-8-16(14)17/h3-9,15,21H,2,10-13H2,1H3/t15-/m0/s1. The molecule has 2 aromatic rings. The normalized spacial score (nSPS) is 18.7. The molecular weight excluding hydrogens is 276 g/mol. The average molecular weight is 298 g/mol. The van der Waals surface area contributed by atoms with E-state index in [-0.39, 0.29) is 12.0 Å². The minimum Gasteiger partial charge on any atom is -0.392 e. The van der Waals surface area contributed by atoms with Gasteiger partial charge < -0.3 is 10.0 Å². The third-order valence-corrected chi connectivity index (χ3v) is 4.28. The Hall–Kier alpha value is -1.91. The van der Waals surface area contributed by atoms with E-state index in [1.165, 1.54) is 0 Å². The number of carbonyl (C=O) groups is 1. The second kappa shape index (κ2) is 6.46. The molecular formula is C18H22N2O2. The lowest BCUT2D eigenvalue weighted by atomic mass is 10.1. The SMILES string of the molecule is CCN(C(=O)CN1CC[C@H](O)C1)c1cccc2ccccc12. The Kier molecular flexibility index (Phi) is 4.41. The van der Waals surface area contributed by atoms with Crippen LogP contribution >= 0.6 is 0 Å². The van der Waals surface area contributed by atoms with Crippen LogP contribution in [0.5, 0.6) is 0 Å². The van der Waals surface area contributed by atoms with E-state index in [4.69, 9.17) is 0 Å². The third kappa shape index (κ3) is 2.98. The molecule has 0 saturated carbocycles. The number of carbonyl (C=O) groups excluding carboxylic acids is 1. The number of hydrogen-bond donors (Lipinski definition) is 1. The van der Waals surface area contributed by atoms with Crippen LogP contribution in [0.2, 0.25) is 0 Å². The summed E-state index contributed by atoms with van der Waals surface area (Å²) in [6.45, 7) is 4.40. The molecule has 1 fully saturated rings. The largest absolute Gasteiger partial charge is 0.392 e. The molecule has 2 aromatic carbocycles. The van der Waals surface area contributed by atoms with E-state index >= 15 is 0 Å². The van der Waals surface area contributed by atoms with E-state index in [9.17, 15) is 9.90 Å². The lowest BCUT2D eigenvalue weighted by Crippen LogP contribution is -2.40. The minimum absolute atomic E-state index is 0.0907. The molecule has 1 heterocycles. The Morgan fingerprint density at radius 3 is 2.77 bits per heavy atom. The van der Waals surface area contributed by atoms with Crippen LogP contribution in [0.25, 0.3) is 10.8 Å². The zero-order valence-electron chi connectivity index (χ0n) is 12.9. The van der Waals surface area contributed by atoms with Crippen molar-refractivity contribution >= 4 is 22.4 Å². The van der Waals surface area contributed by atoms with Crippen LogP contribution in [0.4, 0.5) is 5.69 Å². The summed E-state index contributed by atoms with van der Waals surface area (Å²) >= 11 is 0. The molecule has 1 amide bonds. The zero-order chi connectivity index (χ0) is 15.5. The average Bonchev–Trinajstić information content (AvgIpc) is 2.93. The highest BCUT2D eigenvalue weighted by Crippen LogP contribution is 2.27. The fourth-order valence-corrected chi connectivity index (χ4v) is 3.16. The zero-order valence-corrected chi connectivity index (χ0v) is 12.9. The van der Waals surface area contributed by atoms with Crippen molar-refractivity contribution in [1.29, 1.82) is 0 Å². The summed E-state index contributed by atoms with van der Waals surface area (Å²) < 4.78 is 0. The van der Waals surface area contributed by atoms with E-state index < -0.39 is 0 Å². The molecule has 1 atom stereocenters. The van der Waals surface area contributed by atoms with Crippen molar-refractivity contribution in [3.05, 3.63) is 42.5 Å². The smallest absolute Gasteiger partial charge is 0.241 e. The first-order valence-electron chi connectivity index (χ1n) is 7.87. The van der Waals surface area contributed by atoms with E-state index in [1.807, 2.05) is 41.0 Å². The van der Waals surface area contributed by atoms with Gasteiger partial charge in [0.15, 0.2) is 0 Å². The van der Waals surface area contributed by atoms with E-state index in [0.717, 1.165) is 29.4 Å². The number of anilines is 1. The number of fused-ring (bicyclic) bond motifs is 1. The lowest BCUT2D eigenvalue weighted by molar-refractivity contribution is -0.119. The number of likely N-dealkylation sites (N-methyl/N-ethyl adjacent to an activating group) is 1. The molecule has 0 bridgehead atoms. The van der Waals surface area contributed by atoms with E-state index in [0.29, 0.717) is 19.6 Å². The minimum atomic E-state index is -0.291. The van der Waals surface area contributed by atoms with Gasteiger partial charge in [0.05, 0.1) is 18.3 Å². The Labute approximate surface area is 131 Å². The summed E-state index contributed by atoms with van der Waals surface area (Å²) in [6, 6.07) is 14.2. The molecule has 1 aliphatic heterocycles. The van der Waals surface area contributed by atoms with Gasteiger partial charge in [0.25, 0.3) is 0 Å². The van der Waals surface area contributed by atoms with Crippen LogP contribution in [0.3, 0.4) is 0 Å². The van der Waals surface area contributed by atoms with Crippen LogP contribution < -0.4 is 4.90 Å². The molecule has 1 N–H and O–H groups in total. The van der Waals surface area contributed by atoms with Crippen molar-refractivity contribution in [2.45, 2.75) is 19.4 Å². The topological polar surface area (TPSA) is 43.8 Å². The predicted octanol–water partition coefficient (Wildman–Crippen LogP) is 2.26. The summed E-state index contributed by atoms with van der Waals surface area (Å²) in [5.41, 5.74) is 0.963. The summed E-state index contributed by atoms with van der Waals surface area (Å²) in [5, 5.41) is 11.8. The third-order valence-electron chi connectivity index (χ3n) is 4.28. The van der Waals surface area contributed by atoms with Crippen LogP contribution in [0, 0.1) is 0 Å².